The molecule has 0 spiro atoms. The van der Waals surface area contributed by atoms with Crippen molar-refractivity contribution in [3.8, 4) is 11.1 Å². The van der Waals surface area contributed by atoms with Gasteiger partial charge in [-0.2, -0.15) is 0 Å². The SMILES string of the molecule is CCCC(O)CC1(C(=O)NC2C(=O)N(C)c3ccccc3-c3ccccc32)CCCC1. The first-order chi connectivity index (χ1) is 15.0. The van der Waals surface area contributed by atoms with E-state index < -0.39 is 17.6 Å². The highest BCUT2D eigenvalue weighted by molar-refractivity contribution is 6.06. The second kappa shape index (κ2) is 8.83. The highest BCUT2D eigenvalue weighted by atomic mass is 16.3. The Morgan fingerprint density at radius 3 is 2.48 bits per heavy atom. The molecular weight excluding hydrogens is 388 g/mol. The molecule has 0 radical (unpaired) electrons. The summed E-state index contributed by atoms with van der Waals surface area (Å²) in [5.74, 6) is -0.249. The van der Waals surface area contributed by atoms with Crippen LogP contribution in [0.4, 0.5) is 5.69 Å². The van der Waals surface area contributed by atoms with Gasteiger partial charge in [0.2, 0.25) is 5.91 Å². The number of benzene rings is 2. The van der Waals surface area contributed by atoms with Crippen molar-refractivity contribution in [3.05, 3.63) is 54.1 Å². The number of carbonyl (C=O) groups excluding carboxylic acids is 2. The van der Waals surface area contributed by atoms with Gasteiger partial charge in [0.05, 0.1) is 17.2 Å². The third-order valence-corrected chi connectivity index (χ3v) is 6.97. The number of aliphatic hydroxyl groups is 1. The summed E-state index contributed by atoms with van der Waals surface area (Å²) in [6.45, 7) is 2.04. The standard InChI is InChI=1S/C26H32N2O3/c1-3-10-18(29)17-26(15-8-9-16-26)25(31)27-23-21-13-5-4-11-19(21)20-12-6-7-14-22(20)28(2)24(23)30/h4-7,11-14,18,23,29H,3,8-10,15-17H2,1-2H3,(H,27,31). The maximum Gasteiger partial charge on any atom is 0.253 e. The maximum atomic E-state index is 13.6. The number of fused-ring (bicyclic) bond motifs is 3. The van der Waals surface area contributed by atoms with Crippen molar-refractivity contribution >= 4 is 17.5 Å². The van der Waals surface area contributed by atoms with E-state index >= 15 is 0 Å². The predicted molar refractivity (Wildman–Crippen MR) is 123 cm³/mol. The largest absolute Gasteiger partial charge is 0.393 e. The number of likely N-dealkylation sites (N-methyl/N-ethyl adjacent to an activating group) is 1. The van der Waals surface area contributed by atoms with Crippen LogP contribution >= 0.6 is 0 Å². The van der Waals surface area contributed by atoms with Crippen LogP contribution in [0.3, 0.4) is 0 Å². The first kappa shape index (κ1) is 21.6. The van der Waals surface area contributed by atoms with E-state index in [-0.39, 0.29) is 11.8 Å². The number of aliphatic hydroxyl groups excluding tert-OH is 1. The fraction of sp³-hybridized carbons (Fsp3) is 0.462. The molecule has 2 unspecified atom stereocenters. The van der Waals surface area contributed by atoms with Crippen molar-refractivity contribution in [2.45, 2.75) is 64.0 Å². The monoisotopic (exact) mass is 420 g/mol. The third-order valence-electron chi connectivity index (χ3n) is 6.97. The van der Waals surface area contributed by atoms with E-state index in [2.05, 4.69) is 5.32 Å². The number of para-hydroxylation sites is 1. The first-order valence-electron chi connectivity index (χ1n) is 11.4. The van der Waals surface area contributed by atoms with Gasteiger partial charge >= 0.3 is 0 Å². The summed E-state index contributed by atoms with van der Waals surface area (Å²) in [6, 6.07) is 14.9. The first-order valence-corrected chi connectivity index (χ1v) is 11.4. The zero-order valence-corrected chi connectivity index (χ0v) is 18.4. The summed E-state index contributed by atoms with van der Waals surface area (Å²) in [4.78, 5) is 28.8. The maximum absolute atomic E-state index is 13.6. The molecule has 164 valence electrons. The van der Waals surface area contributed by atoms with Gasteiger partial charge in [-0.15, -0.1) is 0 Å². The molecule has 2 aromatic rings. The van der Waals surface area contributed by atoms with Gasteiger partial charge in [0.15, 0.2) is 0 Å². The van der Waals surface area contributed by atoms with Gasteiger partial charge in [0, 0.05) is 12.6 Å². The Hall–Kier alpha value is -2.66. The molecule has 5 nitrogen and oxygen atoms in total. The van der Waals surface area contributed by atoms with E-state index in [0.29, 0.717) is 12.8 Å². The molecule has 0 saturated heterocycles. The van der Waals surface area contributed by atoms with Gasteiger partial charge in [-0.05, 0) is 42.9 Å². The molecule has 31 heavy (non-hydrogen) atoms. The van der Waals surface area contributed by atoms with Gasteiger partial charge in [0.25, 0.3) is 5.91 Å². The highest BCUT2D eigenvalue weighted by Crippen LogP contribution is 2.44. The van der Waals surface area contributed by atoms with Crippen LogP contribution in [0.5, 0.6) is 0 Å². The molecule has 2 atom stereocenters. The van der Waals surface area contributed by atoms with E-state index in [0.717, 1.165) is 54.5 Å². The van der Waals surface area contributed by atoms with Gasteiger partial charge in [0.1, 0.15) is 6.04 Å². The molecule has 1 fully saturated rings. The Labute approximate surface area is 184 Å². The lowest BCUT2D eigenvalue weighted by Gasteiger charge is -2.32. The lowest BCUT2D eigenvalue weighted by Crippen LogP contribution is -2.47. The van der Waals surface area contributed by atoms with Crippen LogP contribution in [0.25, 0.3) is 11.1 Å². The van der Waals surface area contributed by atoms with Gasteiger partial charge in [-0.3, -0.25) is 9.59 Å². The Balaban J connectivity index is 1.69. The summed E-state index contributed by atoms with van der Waals surface area (Å²) < 4.78 is 0. The van der Waals surface area contributed by atoms with Crippen LogP contribution in [-0.4, -0.2) is 30.1 Å². The van der Waals surface area contributed by atoms with Crippen molar-refractivity contribution in [1.82, 2.24) is 5.32 Å². The smallest absolute Gasteiger partial charge is 0.253 e. The predicted octanol–water partition coefficient (Wildman–Crippen LogP) is 4.60. The van der Waals surface area contributed by atoms with Crippen molar-refractivity contribution in [2.24, 2.45) is 5.41 Å². The number of carbonyl (C=O) groups is 2. The number of rotatable bonds is 6. The van der Waals surface area contributed by atoms with Gasteiger partial charge in [-0.25, -0.2) is 0 Å². The summed E-state index contributed by atoms with van der Waals surface area (Å²) in [7, 11) is 1.77. The van der Waals surface area contributed by atoms with Gasteiger partial charge in [-0.1, -0.05) is 68.7 Å². The molecule has 2 amide bonds. The minimum Gasteiger partial charge on any atom is -0.393 e. The van der Waals surface area contributed by atoms with Crippen molar-refractivity contribution < 1.29 is 14.7 Å². The summed E-state index contributed by atoms with van der Waals surface area (Å²) in [6.07, 6.45) is 5.04. The molecule has 2 aromatic carbocycles. The van der Waals surface area contributed by atoms with Crippen LogP contribution in [0.2, 0.25) is 0 Å². The number of nitrogens with one attached hydrogen (secondary N) is 1. The minimum absolute atomic E-state index is 0.104. The van der Waals surface area contributed by atoms with Crippen LogP contribution in [0.15, 0.2) is 48.5 Å². The molecule has 1 saturated carbocycles. The molecule has 4 rings (SSSR count). The normalized spacial score (nSPS) is 20.5. The van der Waals surface area contributed by atoms with Crippen LogP contribution in [-0.2, 0) is 9.59 Å². The van der Waals surface area contributed by atoms with Crippen LogP contribution in [0, 0.1) is 5.41 Å². The molecule has 1 aliphatic carbocycles. The van der Waals surface area contributed by atoms with E-state index in [1.54, 1.807) is 11.9 Å². The van der Waals surface area contributed by atoms with Crippen LogP contribution < -0.4 is 10.2 Å². The lowest BCUT2D eigenvalue weighted by atomic mass is 9.78. The Kier molecular flexibility index (Phi) is 6.15. The lowest BCUT2D eigenvalue weighted by molar-refractivity contribution is -0.136. The molecular formula is C26H32N2O3. The fourth-order valence-electron chi connectivity index (χ4n) is 5.32. The second-order valence-electron chi connectivity index (χ2n) is 9.04. The fourth-order valence-corrected chi connectivity index (χ4v) is 5.32. The average molecular weight is 421 g/mol. The molecule has 0 bridgehead atoms. The van der Waals surface area contributed by atoms with Crippen molar-refractivity contribution in [2.75, 3.05) is 11.9 Å². The van der Waals surface area contributed by atoms with Crippen molar-refractivity contribution in [3.63, 3.8) is 0 Å². The Bertz CT molecular complexity index is 965. The summed E-state index contributed by atoms with van der Waals surface area (Å²) in [5, 5.41) is 13.6. The highest BCUT2D eigenvalue weighted by Gasteiger charge is 2.44. The summed E-state index contributed by atoms with van der Waals surface area (Å²) in [5.41, 5.74) is 3.01. The molecule has 2 aliphatic rings. The molecule has 1 aliphatic heterocycles. The topological polar surface area (TPSA) is 69.6 Å². The average Bonchev–Trinajstić information content (AvgIpc) is 3.23. The van der Waals surface area contributed by atoms with E-state index in [1.165, 1.54) is 0 Å². The third kappa shape index (κ3) is 3.99. The van der Waals surface area contributed by atoms with Crippen molar-refractivity contribution in [1.29, 1.82) is 0 Å². The Morgan fingerprint density at radius 1 is 1.13 bits per heavy atom. The van der Waals surface area contributed by atoms with Gasteiger partial charge < -0.3 is 15.3 Å². The zero-order valence-electron chi connectivity index (χ0n) is 18.4. The quantitative estimate of drug-likeness (QED) is 0.718. The summed E-state index contributed by atoms with van der Waals surface area (Å²) >= 11 is 0. The molecule has 5 heteroatoms. The number of amides is 2. The number of hydrogen-bond acceptors (Lipinski definition) is 3. The molecule has 1 heterocycles. The number of nitrogens with zero attached hydrogens (tertiary/aromatic N) is 1. The Morgan fingerprint density at radius 2 is 1.77 bits per heavy atom. The number of anilines is 1. The van der Waals surface area contributed by atoms with E-state index in [9.17, 15) is 14.7 Å². The van der Waals surface area contributed by atoms with E-state index in [1.807, 2.05) is 55.5 Å². The number of hydrogen-bond donors (Lipinski definition) is 2. The van der Waals surface area contributed by atoms with Crippen LogP contribution in [0.1, 0.15) is 63.5 Å². The minimum atomic E-state index is -0.748. The second-order valence-corrected chi connectivity index (χ2v) is 9.04. The molecule has 2 N–H and O–H groups in total. The van der Waals surface area contributed by atoms with E-state index in [4.69, 9.17) is 0 Å². The zero-order chi connectivity index (χ0) is 22.0. The molecule has 0 aromatic heterocycles.